The quantitative estimate of drug-likeness (QED) is 0.547. The minimum Gasteiger partial charge on any atom is -0.350 e. The Morgan fingerprint density at radius 2 is 2.07 bits per heavy atom. The number of hydrogen-bond acceptors (Lipinski definition) is 2. The van der Waals surface area contributed by atoms with Crippen LogP contribution in [0.1, 0.15) is 5.56 Å². The number of nitrogens with zero attached hydrogens (tertiary/aromatic N) is 1. The second kappa shape index (κ2) is 5.53. The molecule has 0 saturated carbocycles. The zero-order valence-electron chi connectivity index (χ0n) is 7.55. The first-order valence-corrected chi connectivity index (χ1v) is 4.09. The monoisotopic (exact) mass is 189 g/mol. The van der Waals surface area contributed by atoms with E-state index in [9.17, 15) is 4.79 Å². The molecule has 2 amide bonds. The number of amides is 2. The smallest absolute Gasteiger partial charge is 0.332 e. The molecule has 0 aliphatic heterocycles. The molecule has 0 saturated heterocycles. The Kier molecular flexibility index (Phi) is 3.94. The lowest BCUT2D eigenvalue weighted by molar-refractivity contribution is 0.249. The van der Waals surface area contributed by atoms with Gasteiger partial charge in [-0.05, 0) is 11.6 Å². The molecular formula is C10H11N3O. The highest BCUT2D eigenvalue weighted by atomic mass is 16.2. The van der Waals surface area contributed by atoms with Crippen LogP contribution in [0.5, 0.6) is 0 Å². The van der Waals surface area contributed by atoms with Crippen LogP contribution in [0, 0.1) is 0 Å². The number of nitrogens with one attached hydrogen (secondary N) is 1. The maximum absolute atomic E-state index is 10.2. The topological polar surface area (TPSA) is 67.5 Å². The van der Waals surface area contributed by atoms with Crippen LogP contribution in [0.4, 0.5) is 4.79 Å². The lowest BCUT2D eigenvalue weighted by atomic mass is 10.2. The SMILES string of the molecule is NC(=O)NN=C/C=C/c1ccccc1. The van der Waals surface area contributed by atoms with E-state index in [1.807, 2.05) is 36.4 Å². The molecule has 3 N–H and O–H groups in total. The summed E-state index contributed by atoms with van der Waals surface area (Å²) < 4.78 is 0. The van der Waals surface area contributed by atoms with Crippen LogP contribution >= 0.6 is 0 Å². The molecule has 0 spiro atoms. The lowest BCUT2D eigenvalue weighted by Gasteiger charge is -1.89. The number of nitrogens with two attached hydrogens (primary N) is 1. The Bertz CT molecular complexity index is 344. The number of hydrazone groups is 1. The summed E-state index contributed by atoms with van der Waals surface area (Å²) in [6.45, 7) is 0. The minimum atomic E-state index is -0.672. The number of primary amides is 1. The number of carbonyl (C=O) groups is 1. The van der Waals surface area contributed by atoms with Gasteiger partial charge in [-0.3, -0.25) is 0 Å². The minimum absolute atomic E-state index is 0.672. The van der Waals surface area contributed by atoms with Crippen molar-refractivity contribution < 1.29 is 4.79 Å². The fraction of sp³-hybridized carbons (Fsp3) is 0. The molecule has 1 aromatic rings. The van der Waals surface area contributed by atoms with Crippen LogP contribution in [0.15, 0.2) is 41.5 Å². The highest BCUT2D eigenvalue weighted by Gasteiger charge is 1.82. The van der Waals surface area contributed by atoms with Crippen molar-refractivity contribution in [2.24, 2.45) is 10.8 Å². The molecule has 1 rings (SSSR count). The molecule has 0 atom stereocenters. The van der Waals surface area contributed by atoms with Crippen LogP contribution in [0.25, 0.3) is 6.08 Å². The van der Waals surface area contributed by atoms with Crippen LogP contribution in [0.2, 0.25) is 0 Å². The van der Waals surface area contributed by atoms with E-state index in [-0.39, 0.29) is 0 Å². The van der Waals surface area contributed by atoms with Gasteiger partial charge in [0.15, 0.2) is 0 Å². The van der Waals surface area contributed by atoms with Crippen molar-refractivity contribution in [1.82, 2.24) is 5.43 Å². The second-order valence-corrected chi connectivity index (χ2v) is 2.52. The van der Waals surface area contributed by atoms with Gasteiger partial charge in [0, 0.05) is 6.21 Å². The molecule has 0 aromatic heterocycles. The van der Waals surface area contributed by atoms with Gasteiger partial charge in [-0.1, -0.05) is 36.4 Å². The summed E-state index contributed by atoms with van der Waals surface area (Å²) in [7, 11) is 0. The third-order valence-electron chi connectivity index (χ3n) is 1.42. The van der Waals surface area contributed by atoms with E-state index < -0.39 is 6.03 Å². The molecule has 0 bridgehead atoms. The Morgan fingerprint density at radius 3 is 2.71 bits per heavy atom. The summed E-state index contributed by atoms with van der Waals surface area (Å²) in [5.74, 6) is 0. The maximum Gasteiger partial charge on any atom is 0.332 e. The molecule has 1 aromatic carbocycles. The van der Waals surface area contributed by atoms with Gasteiger partial charge in [0.2, 0.25) is 0 Å². The fourth-order valence-corrected chi connectivity index (χ4v) is 0.862. The molecule has 0 unspecified atom stereocenters. The standard InChI is InChI=1S/C10H11N3O/c11-10(14)13-12-8-4-7-9-5-2-1-3-6-9/h1-8H,(H3,11,13,14)/b7-4+,12-8?. The summed E-state index contributed by atoms with van der Waals surface area (Å²) in [6.07, 6.45) is 5.04. The van der Waals surface area contributed by atoms with Gasteiger partial charge < -0.3 is 5.73 Å². The summed E-state index contributed by atoms with van der Waals surface area (Å²) in [5, 5.41) is 3.55. The lowest BCUT2D eigenvalue weighted by Crippen LogP contribution is -2.24. The first-order valence-electron chi connectivity index (χ1n) is 4.09. The average molecular weight is 189 g/mol. The normalized spacial score (nSPS) is 10.9. The van der Waals surface area contributed by atoms with Gasteiger partial charge in [0.05, 0.1) is 0 Å². The number of urea groups is 1. The Hall–Kier alpha value is -2.10. The molecule has 0 aliphatic carbocycles. The Balaban J connectivity index is 2.42. The van der Waals surface area contributed by atoms with Crippen molar-refractivity contribution in [1.29, 1.82) is 0 Å². The maximum atomic E-state index is 10.2. The molecular weight excluding hydrogens is 178 g/mol. The van der Waals surface area contributed by atoms with Gasteiger partial charge in [-0.25, -0.2) is 10.2 Å². The zero-order valence-corrected chi connectivity index (χ0v) is 7.55. The molecule has 4 nitrogen and oxygen atoms in total. The average Bonchev–Trinajstić information content (AvgIpc) is 2.18. The van der Waals surface area contributed by atoms with E-state index in [0.29, 0.717) is 0 Å². The zero-order chi connectivity index (χ0) is 10.2. The molecule has 0 aliphatic rings. The fourth-order valence-electron chi connectivity index (χ4n) is 0.862. The van der Waals surface area contributed by atoms with Gasteiger partial charge >= 0.3 is 6.03 Å². The van der Waals surface area contributed by atoms with E-state index in [4.69, 9.17) is 5.73 Å². The van der Waals surface area contributed by atoms with E-state index in [2.05, 4.69) is 10.5 Å². The highest BCUT2D eigenvalue weighted by Crippen LogP contribution is 1.99. The Labute approximate surface area is 82.1 Å². The third-order valence-corrected chi connectivity index (χ3v) is 1.42. The van der Waals surface area contributed by atoms with E-state index >= 15 is 0 Å². The van der Waals surface area contributed by atoms with Crippen molar-refractivity contribution in [3.63, 3.8) is 0 Å². The van der Waals surface area contributed by atoms with Gasteiger partial charge in [-0.2, -0.15) is 5.10 Å². The van der Waals surface area contributed by atoms with Gasteiger partial charge in [-0.15, -0.1) is 0 Å². The number of rotatable bonds is 3. The molecule has 0 fully saturated rings. The van der Waals surface area contributed by atoms with E-state index in [1.165, 1.54) is 6.21 Å². The summed E-state index contributed by atoms with van der Waals surface area (Å²) in [4.78, 5) is 10.2. The van der Waals surface area contributed by atoms with E-state index in [1.54, 1.807) is 6.08 Å². The number of hydrogen-bond donors (Lipinski definition) is 2. The summed E-state index contributed by atoms with van der Waals surface area (Å²) in [5.41, 5.74) is 7.95. The summed E-state index contributed by atoms with van der Waals surface area (Å²) in [6, 6.07) is 9.09. The van der Waals surface area contributed by atoms with E-state index in [0.717, 1.165) is 5.56 Å². The van der Waals surface area contributed by atoms with Crippen molar-refractivity contribution in [2.75, 3.05) is 0 Å². The Morgan fingerprint density at radius 1 is 1.36 bits per heavy atom. The number of allylic oxidation sites excluding steroid dienone is 1. The van der Waals surface area contributed by atoms with Crippen LogP contribution in [-0.2, 0) is 0 Å². The number of carbonyl (C=O) groups excluding carboxylic acids is 1. The van der Waals surface area contributed by atoms with Crippen molar-refractivity contribution in [3.05, 3.63) is 42.0 Å². The predicted molar refractivity (Wildman–Crippen MR) is 56.7 cm³/mol. The summed E-state index contributed by atoms with van der Waals surface area (Å²) >= 11 is 0. The predicted octanol–water partition coefficient (Wildman–Crippen LogP) is 1.35. The molecule has 72 valence electrons. The molecule has 0 heterocycles. The number of benzene rings is 1. The van der Waals surface area contributed by atoms with Gasteiger partial charge in [0.1, 0.15) is 0 Å². The second-order valence-electron chi connectivity index (χ2n) is 2.52. The molecule has 0 radical (unpaired) electrons. The molecule has 4 heteroatoms. The van der Waals surface area contributed by atoms with Crippen molar-refractivity contribution >= 4 is 18.3 Å². The first kappa shape index (κ1) is 9.98. The van der Waals surface area contributed by atoms with Crippen LogP contribution < -0.4 is 11.2 Å². The third kappa shape index (κ3) is 4.06. The van der Waals surface area contributed by atoms with Crippen molar-refractivity contribution in [2.45, 2.75) is 0 Å². The van der Waals surface area contributed by atoms with Gasteiger partial charge in [0.25, 0.3) is 0 Å². The van der Waals surface area contributed by atoms with Crippen LogP contribution in [-0.4, -0.2) is 12.2 Å². The highest BCUT2D eigenvalue weighted by molar-refractivity contribution is 5.80. The van der Waals surface area contributed by atoms with Crippen LogP contribution in [0.3, 0.4) is 0 Å². The largest absolute Gasteiger partial charge is 0.350 e. The van der Waals surface area contributed by atoms with Crippen molar-refractivity contribution in [3.8, 4) is 0 Å². The molecule has 14 heavy (non-hydrogen) atoms. The first-order chi connectivity index (χ1) is 6.79.